The predicted molar refractivity (Wildman–Crippen MR) is 130 cm³/mol. The van der Waals surface area contributed by atoms with Crippen LogP contribution in [0.3, 0.4) is 0 Å². The summed E-state index contributed by atoms with van der Waals surface area (Å²) in [6, 6.07) is 12.7. The van der Waals surface area contributed by atoms with Gasteiger partial charge in [0, 0.05) is 43.5 Å². The fourth-order valence-corrected chi connectivity index (χ4v) is 7.56. The quantitative estimate of drug-likeness (QED) is 0.674. The average molecular weight is 486 g/mol. The summed E-state index contributed by atoms with van der Waals surface area (Å²) in [6.45, 7) is 3.78. The summed E-state index contributed by atoms with van der Waals surface area (Å²) in [5.74, 6) is 1.53. The zero-order valence-corrected chi connectivity index (χ0v) is 20.3. The number of hydrogen-bond donors (Lipinski definition) is 1. The van der Waals surface area contributed by atoms with E-state index in [0.717, 1.165) is 11.6 Å². The number of anilines is 1. The van der Waals surface area contributed by atoms with Crippen LogP contribution in [-0.2, 0) is 10.0 Å². The highest BCUT2D eigenvalue weighted by Crippen LogP contribution is 2.49. The van der Waals surface area contributed by atoms with Crippen LogP contribution in [0.2, 0.25) is 0 Å². The molecule has 1 heterocycles. The van der Waals surface area contributed by atoms with E-state index in [2.05, 4.69) is 12.2 Å². The molecule has 2 saturated carbocycles. The summed E-state index contributed by atoms with van der Waals surface area (Å²) in [7, 11) is -3.71. The van der Waals surface area contributed by atoms with E-state index in [9.17, 15) is 17.6 Å². The number of nitrogens with one attached hydrogen (secondary N) is 1. The average Bonchev–Trinajstić information content (AvgIpc) is 3.49. The van der Waals surface area contributed by atoms with E-state index in [1.54, 1.807) is 30.3 Å². The predicted octanol–water partition coefficient (Wildman–Crippen LogP) is 3.89. The maximum absolute atomic E-state index is 13.3. The molecular weight excluding hydrogens is 453 g/mol. The van der Waals surface area contributed by atoms with Crippen LogP contribution in [0.25, 0.3) is 0 Å². The number of fused-ring (bicyclic) bond motifs is 2. The van der Waals surface area contributed by atoms with Gasteiger partial charge in [-0.25, -0.2) is 12.8 Å². The van der Waals surface area contributed by atoms with Crippen molar-refractivity contribution in [2.24, 2.45) is 17.8 Å². The van der Waals surface area contributed by atoms with Crippen molar-refractivity contribution in [1.29, 1.82) is 0 Å². The van der Waals surface area contributed by atoms with Gasteiger partial charge in [0.1, 0.15) is 5.82 Å². The van der Waals surface area contributed by atoms with E-state index in [4.69, 9.17) is 0 Å². The highest BCUT2D eigenvalue weighted by molar-refractivity contribution is 7.89. The number of sulfonamides is 1. The Bertz CT molecular complexity index is 1150. The van der Waals surface area contributed by atoms with Crippen LogP contribution in [-0.4, -0.2) is 50.9 Å². The first-order valence-corrected chi connectivity index (χ1v) is 13.7. The summed E-state index contributed by atoms with van der Waals surface area (Å²) in [6.07, 6.45) is 5.05. The molecule has 2 bridgehead atoms. The molecule has 2 aliphatic carbocycles. The third-order valence-corrected chi connectivity index (χ3v) is 9.85. The lowest BCUT2D eigenvalue weighted by Crippen LogP contribution is -2.48. The van der Waals surface area contributed by atoms with Crippen LogP contribution < -0.4 is 10.2 Å². The molecule has 6 nitrogen and oxygen atoms in total. The van der Waals surface area contributed by atoms with Crippen molar-refractivity contribution in [3.63, 3.8) is 0 Å². The van der Waals surface area contributed by atoms with Crippen LogP contribution >= 0.6 is 0 Å². The Labute approximate surface area is 201 Å². The molecule has 34 heavy (non-hydrogen) atoms. The van der Waals surface area contributed by atoms with Crippen LogP contribution in [0, 0.1) is 23.6 Å². The Morgan fingerprint density at radius 1 is 1.03 bits per heavy atom. The van der Waals surface area contributed by atoms with Crippen molar-refractivity contribution >= 4 is 21.6 Å². The number of carbonyl (C=O) groups is 1. The first-order valence-electron chi connectivity index (χ1n) is 12.2. The van der Waals surface area contributed by atoms with Crippen molar-refractivity contribution in [3.8, 4) is 0 Å². The first-order chi connectivity index (χ1) is 16.3. The standard InChI is InChI=1S/C26H32FN3O3S/c1-18(25-16-19-5-6-20(25)15-19)28-26(31)21-3-2-4-24(17-21)34(32,33)30-13-11-29(12-14-30)23-9-7-22(27)8-10-23/h2-4,7-10,17-20,25H,5-6,11-16H2,1H3,(H,28,31)/t18-,19-,20-,25+/m1/s1. The maximum atomic E-state index is 13.3. The van der Waals surface area contributed by atoms with Gasteiger partial charge in [0.15, 0.2) is 0 Å². The number of carbonyl (C=O) groups excluding carboxylic acids is 1. The largest absolute Gasteiger partial charge is 0.369 e. The molecular formula is C26H32FN3O3S. The Morgan fingerprint density at radius 2 is 1.76 bits per heavy atom. The van der Waals surface area contributed by atoms with E-state index < -0.39 is 10.0 Å². The van der Waals surface area contributed by atoms with Crippen molar-refractivity contribution in [2.45, 2.75) is 43.5 Å². The molecule has 1 saturated heterocycles. The zero-order chi connectivity index (χ0) is 23.9. The van der Waals surface area contributed by atoms with Crippen molar-refractivity contribution in [1.82, 2.24) is 9.62 Å². The number of nitrogens with zero attached hydrogens (tertiary/aromatic N) is 2. The van der Waals surface area contributed by atoms with E-state index in [0.29, 0.717) is 43.6 Å². The fraction of sp³-hybridized carbons (Fsp3) is 0.500. The normalized spacial score (nSPS) is 25.9. The molecule has 4 atom stereocenters. The lowest BCUT2D eigenvalue weighted by molar-refractivity contribution is 0.0915. The lowest BCUT2D eigenvalue weighted by atomic mass is 9.84. The van der Waals surface area contributed by atoms with Gasteiger partial charge in [-0.1, -0.05) is 12.5 Å². The molecule has 2 aromatic carbocycles. The molecule has 1 N–H and O–H groups in total. The van der Waals surface area contributed by atoms with Gasteiger partial charge in [-0.2, -0.15) is 4.31 Å². The minimum Gasteiger partial charge on any atom is -0.369 e. The second-order valence-corrected chi connectivity index (χ2v) is 11.9. The van der Waals surface area contributed by atoms with Gasteiger partial charge in [0.2, 0.25) is 10.0 Å². The number of amides is 1. The summed E-state index contributed by atoms with van der Waals surface area (Å²) >= 11 is 0. The molecule has 2 aromatic rings. The highest BCUT2D eigenvalue weighted by atomic mass is 32.2. The van der Waals surface area contributed by atoms with Crippen molar-refractivity contribution in [3.05, 3.63) is 59.9 Å². The SMILES string of the molecule is C[C@@H](NC(=O)c1cccc(S(=O)(=O)N2CCN(c3ccc(F)cc3)CC2)c1)[C@@H]1C[C@@H]2CC[C@@H]1C2. The molecule has 5 rings (SSSR count). The second kappa shape index (κ2) is 9.30. The smallest absolute Gasteiger partial charge is 0.251 e. The number of halogens is 1. The van der Waals surface area contributed by atoms with E-state index in [1.807, 2.05) is 4.90 Å². The number of hydrogen-bond acceptors (Lipinski definition) is 4. The molecule has 8 heteroatoms. The van der Waals surface area contributed by atoms with Gasteiger partial charge in [0.05, 0.1) is 4.90 Å². The molecule has 0 unspecified atom stereocenters. The Kier molecular flexibility index (Phi) is 6.37. The minimum atomic E-state index is -3.71. The van der Waals surface area contributed by atoms with E-state index in [-0.39, 0.29) is 22.7 Å². The Morgan fingerprint density at radius 3 is 2.41 bits per heavy atom. The van der Waals surface area contributed by atoms with Crippen LogP contribution in [0.1, 0.15) is 43.0 Å². The Balaban J connectivity index is 1.23. The molecule has 3 aliphatic rings. The zero-order valence-electron chi connectivity index (χ0n) is 19.5. The molecule has 3 fully saturated rings. The molecule has 1 amide bonds. The molecule has 1 aliphatic heterocycles. The van der Waals surface area contributed by atoms with E-state index >= 15 is 0 Å². The Hall–Kier alpha value is -2.45. The van der Waals surface area contributed by atoms with Gasteiger partial charge in [-0.15, -0.1) is 0 Å². The third-order valence-electron chi connectivity index (χ3n) is 7.96. The van der Waals surface area contributed by atoms with Gasteiger partial charge in [0.25, 0.3) is 5.91 Å². The van der Waals surface area contributed by atoms with Gasteiger partial charge >= 0.3 is 0 Å². The van der Waals surface area contributed by atoms with Crippen molar-refractivity contribution < 1.29 is 17.6 Å². The highest BCUT2D eigenvalue weighted by Gasteiger charge is 2.42. The summed E-state index contributed by atoms with van der Waals surface area (Å²) in [5, 5.41) is 3.13. The van der Waals surface area contributed by atoms with Crippen LogP contribution in [0.15, 0.2) is 53.4 Å². The van der Waals surface area contributed by atoms with Gasteiger partial charge in [-0.3, -0.25) is 4.79 Å². The van der Waals surface area contributed by atoms with Gasteiger partial charge in [-0.05, 0) is 86.4 Å². The summed E-state index contributed by atoms with van der Waals surface area (Å²) < 4.78 is 41.2. The summed E-state index contributed by atoms with van der Waals surface area (Å²) in [5.41, 5.74) is 1.25. The number of benzene rings is 2. The lowest BCUT2D eigenvalue weighted by Gasteiger charge is -2.35. The van der Waals surface area contributed by atoms with Crippen molar-refractivity contribution in [2.75, 3.05) is 31.1 Å². The topological polar surface area (TPSA) is 69.7 Å². The minimum absolute atomic E-state index is 0.0857. The molecule has 0 radical (unpaired) electrons. The second-order valence-electron chi connectivity index (χ2n) is 10.00. The molecule has 0 spiro atoms. The number of piperazine rings is 1. The van der Waals surface area contributed by atoms with E-state index in [1.165, 1.54) is 48.2 Å². The fourth-order valence-electron chi connectivity index (χ4n) is 6.09. The monoisotopic (exact) mass is 485 g/mol. The maximum Gasteiger partial charge on any atom is 0.251 e. The summed E-state index contributed by atoms with van der Waals surface area (Å²) in [4.78, 5) is 15.1. The van der Waals surface area contributed by atoms with Gasteiger partial charge < -0.3 is 10.2 Å². The number of rotatable bonds is 6. The van der Waals surface area contributed by atoms with Crippen LogP contribution in [0.4, 0.5) is 10.1 Å². The third kappa shape index (κ3) is 4.58. The molecule has 182 valence electrons. The first kappa shape index (κ1) is 23.3. The van der Waals surface area contributed by atoms with Crippen LogP contribution in [0.5, 0.6) is 0 Å². The molecule has 0 aromatic heterocycles.